The molecule has 10 heteroatoms. The molecule has 3 rings (SSSR count). The second kappa shape index (κ2) is 11.5. The van der Waals surface area contributed by atoms with Crippen molar-refractivity contribution >= 4 is 15.9 Å². The molecule has 1 amide bonds. The summed E-state index contributed by atoms with van der Waals surface area (Å²) in [5, 5.41) is 3.26. The van der Waals surface area contributed by atoms with Crippen LogP contribution < -0.4 is 19.5 Å². The SMILES string of the molecule is COc1ccc(C(=O)N(C(C)C)C(NS(C)(=O)=O)[C@H]2CCNC2)cc1OCCC1CCCO1. The number of carbonyl (C=O) groups excluding carboxylic acids is 1. The second-order valence-corrected chi connectivity index (χ2v) is 10.8. The van der Waals surface area contributed by atoms with Crippen LogP contribution >= 0.6 is 0 Å². The Morgan fingerprint density at radius 2 is 2.09 bits per heavy atom. The summed E-state index contributed by atoms with van der Waals surface area (Å²) in [7, 11) is -1.96. The van der Waals surface area contributed by atoms with Crippen molar-refractivity contribution in [1.82, 2.24) is 14.9 Å². The minimum Gasteiger partial charge on any atom is -0.493 e. The first-order chi connectivity index (χ1) is 15.7. The Kier molecular flexibility index (Phi) is 8.97. The van der Waals surface area contributed by atoms with Gasteiger partial charge in [0, 0.05) is 37.1 Å². The van der Waals surface area contributed by atoms with Crippen molar-refractivity contribution in [3.63, 3.8) is 0 Å². The smallest absolute Gasteiger partial charge is 0.255 e. The zero-order valence-corrected chi connectivity index (χ0v) is 20.8. The number of ether oxygens (including phenoxy) is 3. The molecule has 2 fully saturated rings. The molecule has 2 unspecified atom stereocenters. The summed E-state index contributed by atoms with van der Waals surface area (Å²) in [5.74, 6) is 0.747. The van der Waals surface area contributed by atoms with Gasteiger partial charge in [0.25, 0.3) is 5.91 Å². The Morgan fingerprint density at radius 1 is 1.30 bits per heavy atom. The van der Waals surface area contributed by atoms with Crippen LogP contribution in [-0.4, -0.2) is 77.2 Å². The Hall–Kier alpha value is -1.88. The largest absolute Gasteiger partial charge is 0.493 e. The van der Waals surface area contributed by atoms with Crippen molar-refractivity contribution < 1.29 is 27.4 Å². The van der Waals surface area contributed by atoms with Gasteiger partial charge in [-0.3, -0.25) is 4.79 Å². The van der Waals surface area contributed by atoms with Crippen LogP contribution in [0.4, 0.5) is 0 Å². The summed E-state index contributed by atoms with van der Waals surface area (Å²) in [5.41, 5.74) is 0.419. The normalized spacial score (nSPS) is 21.8. The fourth-order valence-corrected chi connectivity index (χ4v) is 5.22. The van der Waals surface area contributed by atoms with E-state index < -0.39 is 16.2 Å². The fourth-order valence-electron chi connectivity index (χ4n) is 4.47. The molecule has 2 aliphatic rings. The zero-order valence-electron chi connectivity index (χ0n) is 20.0. The Morgan fingerprint density at radius 3 is 2.67 bits per heavy atom. The quantitative estimate of drug-likeness (QED) is 0.464. The molecule has 33 heavy (non-hydrogen) atoms. The molecule has 0 saturated carbocycles. The van der Waals surface area contributed by atoms with Gasteiger partial charge in [-0.05, 0) is 57.9 Å². The van der Waals surface area contributed by atoms with Gasteiger partial charge in [0.05, 0.1) is 26.1 Å². The van der Waals surface area contributed by atoms with Crippen molar-refractivity contribution in [3.8, 4) is 11.5 Å². The van der Waals surface area contributed by atoms with E-state index in [4.69, 9.17) is 14.2 Å². The maximum absolute atomic E-state index is 13.7. The average Bonchev–Trinajstić information content (AvgIpc) is 3.46. The maximum Gasteiger partial charge on any atom is 0.255 e. The number of amides is 1. The van der Waals surface area contributed by atoms with Crippen LogP contribution in [0.3, 0.4) is 0 Å². The minimum atomic E-state index is -3.52. The van der Waals surface area contributed by atoms with Gasteiger partial charge in [0.2, 0.25) is 10.0 Å². The van der Waals surface area contributed by atoms with E-state index in [-0.39, 0.29) is 24.0 Å². The van der Waals surface area contributed by atoms with Gasteiger partial charge in [0.15, 0.2) is 11.5 Å². The summed E-state index contributed by atoms with van der Waals surface area (Å²) in [4.78, 5) is 15.3. The van der Waals surface area contributed by atoms with Crippen LogP contribution in [0.2, 0.25) is 0 Å². The first-order valence-electron chi connectivity index (χ1n) is 11.6. The average molecular weight is 484 g/mol. The van der Waals surface area contributed by atoms with Crippen LogP contribution in [0.25, 0.3) is 0 Å². The lowest BCUT2D eigenvalue weighted by molar-refractivity contribution is 0.0511. The Labute approximate surface area is 197 Å². The summed E-state index contributed by atoms with van der Waals surface area (Å²) >= 11 is 0. The van der Waals surface area contributed by atoms with Gasteiger partial charge in [-0.25, -0.2) is 8.42 Å². The lowest BCUT2D eigenvalue weighted by atomic mass is 10.0. The highest BCUT2D eigenvalue weighted by Crippen LogP contribution is 2.30. The van der Waals surface area contributed by atoms with Crippen molar-refractivity contribution in [1.29, 1.82) is 0 Å². The second-order valence-electron chi connectivity index (χ2n) is 9.03. The van der Waals surface area contributed by atoms with E-state index >= 15 is 0 Å². The molecule has 2 N–H and O–H groups in total. The molecule has 9 nitrogen and oxygen atoms in total. The van der Waals surface area contributed by atoms with Crippen LogP contribution in [-0.2, 0) is 14.8 Å². The highest BCUT2D eigenvalue weighted by atomic mass is 32.2. The molecule has 2 saturated heterocycles. The zero-order chi connectivity index (χ0) is 24.0. The summed E-state index contributed by atoms with van der Waals surface area (Å²) in [6.07, 6.45) is 4.35. The van der Waals surface area contributed by atoms with E-state index in [9.17, 15) is 13.2 Å². The highest BCUT2D eigenvalue weighted by molar-refractivity contribution is 7.88. The van der Waals surface area contributed by atoms with E-state index in [0.29, 0.717) is 30.2 Å². The molecule has 0 bridgehead atoms. The molecule has 0 aromatic heterocycles. The number of carbonyl (C=O) groups is 1. The summed E-state index contributed by atoms with van der Waals surface area (Å²) in [6.45, 7) is 6.46. The van der Waals surface area contributed by atoms with Crippen LogP contribution in [0, 0.1) is 5.92 Å². The molecule has 0 aliphatic carbocycles. The fraction of sp³-hybridized carbons (Fsp3) is 0.696. The molecule has 0 radical (unpaired) electrons. The van der Waals surface area contributed by atoms with Crippen LogP contribution in [0.5, 0.6) is 11.5 Å². The number of hydrogen-bond donors (Lipinski definition) is 2. The minimum absolute atomic E-state index is 0.0218. The predicted octanol–water partition coefficient (Wildman–Crippen LogP) is 1.98. The number of rotatable bonds is 11. The number of methoxy groups -OCH3 is 1. The molecular weight excluding hydrogens is 446 g/mol. The third-order valence-corrected chi connectivity index (χ3v) is 6.77. The predicted molar refractivity (Wildman–Crippen MR) is 126 cm³/mol. The molecule has 186 valence electrons. The molecule has 0 spiro atoms. The van der Waals surface area contributed by atoms with Crippen LogP contribution in [0.15, 0.2) is 18.2 Å². The molecule has 3 atom stereocenters. The molecule has 2 heterocycles. The van der Waals surface area contributed by atoms with E-state index in [1.165, 1.54) is 0 Å². The van der Waals surface area contributed by atoms with Gasteiger partial charge in [-0.2, -0.15) is 4.72 Å². The van der Waals surface area contributed by atoms with E-state index in [1.54, 1.807) is 30.2 Å². The van der Waals surface area contributed by atoms with Crippen molar-refractivity contribution in [2.75, 3.05) is 39.7 Å². The van der Waals surface area contributed by atoms with Crippen molar-refractivity contribution in [3.05, 3.63) is 23.8 Å². The van der Waals surface area contributed by atoms with Gasteiger partial charge in [0.1, 0.15) is 6.17 Å². The van der Waals surface area contributed by atoms with E-state index in [2.05, 4.69) is 10.0 Å². The van der Waals surface area contributed by atoms with E-state index in [0.717, 1.165) is 45.1 Å². The summed E-state index contributed by atoms with van der Waals surface area (Å²) in [6, 6.07) is 4.86. The Bertz CT molecular complexity index is 895. The molecule has 1 aromatic rings. The Balaban J connectivity index is 1.82. The standard InChI is InChI=1S/C23H37N3O6S/c1-16(2)26(22(25-33(4,28)29)18-9-11-24-15-18)23(27)17-7-8-20(30-3)21(14-17)32-13-10-19-6-5-12-31-19/h7-8,14,16,18-19,22,24-25H,5-6,9-13,15H2,1-4H3/t18-,19?,22?/m0/s1. The number of hydrogen-bond acceptors (Lipinski definition) is 7. The molecule has 1 aromatic carbocycles. The monoisotopic (exact) mass is 483 g/mol. The number of nitrogens with zero attached hydrogens (tertiary/aromatic N) is 1. The van der Waals surface area contributed by atoms with Gasteiger partial charge >= 0.3 is 0 Å². The lowest BCUT2D eigenvalue weighted by Crippen LogP contribution is -2.57. The number of nitrogens with one attached hydrogen (secondary N) is 2. The highest BCUT2D eigenvalue weighted by Gasteiger charge is 2.36. The molecule has 2 aliphatic heterocycles. The molecular formula is C23H37N3O6S. The first-order valence-corrected chi connectivity index (χ1v) is 13.5. The van der Waals surface area contributed by atoms with Gasteiger partial charge in [-0.1, -0.05) is 0 Å². The third-order valence-electron chi connectivity index (χ3n) is 6.10. The maximum atomic E-state index is 13.7. The van der Waals surface area contributed by atoms with Gasteiger partial charge < -0.3 is 24.4 Å². The van der Waals surface area contributed by atoms with E-state index in [1.807, 2.05) is 13.8 Å². The lowest BCUT2D eigenvalue weighted by Gasteiger charge is -2.38. The van der Waals surface area contributed by atoms with Crippen LogP contribution in [0.1, 0.15) is 49.9 Å². The first kappa shape index (κ1) is 25.7. The topological polar surface area (TPSA) is 106 Å². The number of sulfonamides is 1. The third kappa shape index (κ3) is 7.05. The van der Waals surface area contributed by atoms with Crippen molar-refractivity contribution in [2.45, 2.75) is 57.8 Å². The van der Waals surface area contributed by atoms with Crippen molar-refractivity contribution in [2.24, 2.45) is 5.92 Å². The summed E-state index contributed by atoms with van der Waals surface area (Å²) < 4.78 is 44.0. The number of benzene rings is 1. The van der Waals surface area contributed by atoms with Gasteiger partial charge in [-0.15, -0.1) is 0 Å².